The van der Waals surface area contributed by atoms with Crippen LogP contribution < -0.4 is 0 Å². The summed E-state index contributed by atoms with van der Waals surface area (Å²) in [6.45, 7) is 45.8. The Morgan fingerprint density at radius 3 is 0.650 bits per heavy atom. The van der Waals surface area contributed by atoms with Gasteiger partial charge in [-0.3, -0.25) is 0 Å². The minimum atomic E-state index is -4.06. The van der Waals surface area contributed by atoms with Crippen LogP contribution in [-0.2, 0) is 0 Å². The highest BCUT2D eigenvalue weighted by molar-refractivity contribution is 4.82. The molecule has 0 unspecified atom stereocenters. The molecule has 40 heavy (non-hydrogen) atoms. The molecule has 2 rings (SSSR count). The molecule has 0 aromatic heterocycles. The maximum absolute atomic E-state index is 11.6. The predicted molar refractivity (Wildman–Crippen MR) is 181 cm³/mol. The molecule has 3 heteroatoms. The molecule has 0 spiro atoms. The quantitative estimate of drug-likeness (QED) is 0.304. The van der Waals surface area contributed by atoms with Crippen molar-refractivity contribution >= 4 is 0 Å². The van der Waals surface area contributed by atoms with Gasteiger partial charge in [-0.05, 0) is 58.7 Å². The van der Waals surface area contributed by atoms with Gasteiger partial charge in [0.2, 0.25) is 0 Å². The average molecular weight is 583 g/mol. The summed E-state index contributed by atoms with van der Waals surface area (Å²) in [5, 5.41) is 0. The zero-order chi connectivity index (χ0) is 34.0. The van der Waals surface area contributed by atoms with Crippen LogP contribution in [0.5, 0.6) is 0 Å². The summed E-state index contributed by atoms with van der Waals surface area (Å²) < 4.78 is 34.7. The lowest BCUT2D eigenvalue weighted by atomic mass is 9.72. The van der Waals surface area contributed by atoms with E-state index in [0.717, 1.165) is 37.5 Å². The Kier molecular flexibility index (Phi) is 25.5. The molecule has 2 aliphatic rings. The summed E-state index contributed by atoms with van der Waals surface area (Å²) in [4.78, 5) is 0. The lowest BCUT2D eigenvalue weighted by Gasteiger charge is -2.33. The van der Waals surface area contributed by atoms with Crippen LogP contribution in [0.1, 0.15) is 197 Å². The first-order chi connectivity index (χ1) is 17.0. The number of halogens is 3. The highest BCUT2D eigenvalue weighted by Crippen LogP contribution is 2.43. The topological polar surface area (TPSA) is 0 Å². The summed E-state index contributed by atoms with van der Waals surface area (Å²) in [5.74, 6) is 0.833. The summed E-state index contributed by atoms with van der Waals surface area (Å²) in [7, 11) is 0. The lowest BCUT2D eigenvalue weighted by molar-refractivity contribution is -0.204. The van der Waals surface area contributed by atoms with Crippen molar-refractivity contribution < 1.29 is 13.2 Å². The molecule has 0 saturated heterocycles. The second-order valence-electron chi connectivity index (χ2n) is 19.0. The molecule has 0 aliphatic heterocycles. The Balaban J connectivity index is -0.000000120. The molecule has 0 heterocycles. The zero-order valence-corrected chi connectivity index (χ0v) is 32.2. The van der Waals surface area contributed by atoms with Gasteiger partial charge in [-0.1, -0.05) is 172 Å². The molecule has 0 aromatic rings. The smallest absolute Gasteiger partial charge is 0.171 e. The van der Waals surface area contributed by atoms with Crippen molar-refractivity contribution in [3.05, 3.63) is 0 Å². The summed E-state index contributed by atoms with van der Waals surface area (Å²) in [6, 6.07) is 0. The molecule has 0 nitrogen and oxygen atoms in total. The third-order valence-corrected chi connectivity index (χ3v) is 5.72. The van der Waals surface area contributed by atoms with Gasteiger partial charge in [-0.25, -0.2) is 0 Å². The molecular formula is C37H81F3. The van der Waals surface area contributed by atoms with Crippen LogP contribution in [0, 0.1) is 38.4 Å². The highest BCUT2D eigenvalue weighted by Gasteiger charge is 2.42. The first-order valence-electron chi connectivity index (χ1n) is 16.1. The van der Waals surface area contributed by atoms with E-state index < -0.39 is 11.6 Å². The van der Waals surface area contributed by atoms with Gasteiger partial charge in [0.1, 0.15) is 0 Å². The Bertz CT molecular complexity index is 494. The van der Waals surface area contributed by atoms with Crippen molar-refractivity contribution in [1.82, 2.24) is 0 Å². The van der Waals surface area contributed by atoms with Gasteiger partial charge in [0.25, 0.3) is 0 Å². The van der Waals surface area contributed by atoms with E-state index >= 15 is 0 Å². The van der Waals surface area contributed by atoms with Crippen molar-refractivity contribution in [2.45, 2.75) is 203 Å². The molecule has 0 N–H and O–H groups in total. The van der Waals surface area contributed by atoms with Crippen LogP contribution in [-0.4, -0.2) is 6.18 Å². The molecule has 0 amide bonds. The van der Waals surface area contributed by atoms with E-state index in [1.165, 1.54) is 44.9 Å². The van der Waals surface area contributed by atoms with E-state index in [0.29, 0.717) is 16.2 Å². The van der Waals surface area contributed by atoms with E-state index in [1.54, 1.807) is 0 Å². The summed E-state index contributed by atoms with van der Waals surface area (Å²) in [5.41, 5.74) is 1.49. The van der Waals surface area contributed by atoms with Crippen LogP contribution in [0.2, 0.25) is 0 Å². The van der Waals surface area contributed by atoms with E-state index in [2.05, 4.69) is 132 Å². The van der Waals surface area contributed by atoms with E-state index in [1.807, 2.05) is 0 Å². The van der Waals surface area contributed by atoms with Crippen LogP contribution in [0.4, 0.5) is 13.2 Å². The largest absolute Gasteiger partial charge is 0.393 e. The maximum atomic E-state index is 11.6. The average Bonchev–Trinajstić information content (AvgIpc) is 3.32. The highest BCUT2D eigenvalue weighted by atomic mass is 19.4. The van der Waals surface area contributed by atoms with E-state index in [-0.39, 0.29) is 0 Å². The second-order valence-corrected chi connectivity index (χ2v) is 19.0. The number of hydrogen-bond donors (Lipinski definition) is 0. The van der Waals surface area contributed by atoms with Gasteiger partial charge in [0, 0.05) is 0 Å². The van der Waals surface area contributed by atoms with E-state index in [9.17, 15) is 13.2 Å². The molecule has 0 bridgehead atoms. The third-order valence-electron chi connectivity index (χ3n) is 5.72. The van der Waals surface area contributed by atoms with Gasteiger partial charge < -0.3 is 0 Å². The maximum Gasteiger partial charge on any atom is 0.393 e. The van der Waals surface area contributed by atoms with Crippen molar-refractivity contribution in [3.8, 4) is 0 Å². The molecule has 2 aliphatic carbocycles. The Hall–Kier alpha value is -0.210. The molecule has 2 saturated carbocycles. The molecule has 0 aromatic carbocycles. The standard InChI is InChI=1S/C7H16.C6H12.C5H9F3.C5H10.2C5H12.C4H10/c1-5-7(3,4)6-2;1-6(2)4-3-5-6;1-4(2,3)5(6,7)8;1-5(2)3-4-5;2*1-5(2,3)4;1-4(2)3/h5-6H2,1-4H3;3-5H2,1-2H3;1-3H3;3-4H2,1-2H3;2*1-4H3;4H,1-3H3. The summed E-state index contributed by atoms with van der Waals surface area (Å²) in [6.07, 6.45) is 5.80. The number of hydrogen-bond acceptors (Lipinski definition) is 0. The molecule has 0 radical (unpaired) electrons. The first kappa shape index (κ1) is 49.5. The molecule has 250 valence electrons. The van der Waals surface area contributed by atoms with Crippen molar-refractivity contribution in [2.75, 3.05) is 0 Å². The van der Waals surface area contributed by atoms with Gasteiger partial charge in [0.05, 0.1) is 5.41 Å². The number of alkyl halides is 3. The SMILES string of the molecule is CC(C)(C)C.CC(C)(C)C.CC(C)(C)C(F)(F)F.CC(C)C.CC1(C)CC1.CC1(C)CCC1.CCC(C)(C)CC. The molecule has 2 fully saturated rings. The van der Waals surface area contributed by atoms with Crippen LogP contribution in [0.15, 0.2) is 0 Å². The van der Waals surface area contributed by atoms with Gasteiger partial charge >= 0.3 is 6.18 Å². The number of rotatable bonds is 2. The minimum Gasteiger partial charge on any atom is -0.171 e. The molecule has 0 atom stereocenters. The van der Waals surface area contributed by atoms with Crippen molar-refractivity contribution in [1.29, 1.82) is 0 Å². The fourth-order valence-electron chi connectivity index (χ4n) is 1.38. The van der Waals surface area contributed by atoms with Gasteiger partial charge in [-0.15, -0.1) is 0 Å². The van der Waals surface area contributed by atoms with Crippen LogP contribution >= 0.6 is 0 Å². The van der Waals surface area contributed by atoms with Gasteiger partial charge in [0.15, 0.2) is 0 Å². The molecular weight excluding hydrogens is 501 g/mol. The lowest BCUT2D eigenvalue weighted by Crippen LogP contribution is -2.28. The minimum absolute atomic E-state index is 0.500. The zero-order valence-electron chi connectivity index (χ0n) is 32.2. The normalized spacial score (nSPS) is 16.9. The second kappa shape index (κ2) is 20.7. The third kappa shape index (κ3) is 66.2. The monoisotopic (exact) mass is 583 g/mol. The first-order valence-corrected chi connectivity index (χ1v) is 16.1. The fourth-order valence-corrected chi connectivity index (χ4v) is 1.38. The predicted octanol–water partition coefficient (Wildman–Crippen LogP) is 15.2. The van der Waals surface area contributed by atoms with Crippen LogP contribution in [0.3, 0.4) is 0 Å². The Labute approximate surface area is 254 Å². The Morgan fingerprint density at radius 1 is 0.525 bits per heavy atom. The fraction of sp³-hybridized carbons (Fsp3) is 1.00. The van der Waals surface area contributed by atoms with Crippen molar-refractivity contribution in [2.24, 2.45) is 38.4 Å². The summed E-state index contributed by atoms with van der Waals surface area (Å²) >= 11 is 0. The van der Waals surface area contributed by atoms with Crippen molar-refractivity contribution in [3.63, 3.8) is 0 Å². The van der Waals surface area contributed by atoms with E-state index in [4.69, 9.17) is 0 Å². The van der Waals surface area contributed by atoms with Gasteiger partial charge in [-0.2, -0.15) is 13.2 Å². The van der Waals surface area contributed by atoms with Crippen LogP contribution in [0.25, 0.3) is 0 Å². The Morgan fingerprint density at radius 2 is 0.650 bits per heavy atom.